The summed E-state index contributed by atoms with van der Waals surface area (Å²) in [5.74, 6) is 0. The van der Waals surface area contributed by atoms with E-state index in [2.05, 4.69) is 66.9 Å². The van der Waals surface area contributed by atoms with Gasteiger partial charge in [0.25, 0.3) is 0 Å². The summed E-state index contributed by atoms with van der Waals surface area (Å²) < 4.78 is 0. The second-order valence-corrected chi connectivity index (χ2v) is 5.87. The van der Waals surface area contributed by atoms with Crippen LogP contribution in [0.25, 0.3) is 0 Å². The third-order valence-electron chi connectivity index (χ3n) is 3.20. The van der Waals surface area contributed by atoms with Gasteiger partial charge in [0.1, 0.15) is 0 Å². The molecule has 0 rings (SSSR count). The number of hydrogen-bond acceptors (Lipinski definition) is 0. The summed E-state index contributed by atoms with van der Waals surface area (Å²) in [5, 5.41) is 0. The summed E-state index contributed by atoms with van der Waals surface area (Å²) >= 11 is 0. The summed E-state index contributed by atoms with van der Waals surface area (Å²) in [6, 6.07) is 0. The van der Waals surface area contributed by atoms with Crippen molar-refractivity contribution in [3.05, 3.63) is 36.5 Å². The zero-order chi connectivity index (χ0) is 12.3. The zero-order valence-corrected chi connectivity index (χ0v) is 11.3. The summed E-state index contributed by atoms with van der Waals surface area (Å²) in [5.41, 5.74) is 2.66. The molecule has 0 aliphatic heterocycles. The molecule has 0 atom stereocenters. The maximum Gasteiger partial charge on any atom is -0.0112 e. The molecule has 0 nitrogen and oxygen atoms in total. The van der Waals surface area contributed by atoms with Gasteiger partial charge in [0.15, 0.2) is 0 Å². The minimum atomic E-state index is 0.146. The summed E-state index contributed by atoms with van der Waals surface area (Å²) in [7, 11) is 0. The van der Waals surface area contributed by atoms with E-state index in [-0.39, 0.29) is 10.8 Å². The molecule has 0 aliphatic carbocycles. The summed E-state index contributed by atoms with van der Waals surface area (Å²) in [4.78, 5) is 0. The smallest absolute Gasteiger partial charge is 0.0112 e. The van der Waals surface area contributed by atoms with Gasteiger partial charge in [-0.15, -0.1) is 0 Å². The molecule has 0 aromatic heterocycles. The van der Waals surface area contributed by atoms with E-state index in [9.17, 15) is 0 Å². The molecule has 0 unspecified atom stereocenters. The van der Waals surface area contributed by atoms with Gasteiger partial charge in [0, 0.05) is 0 Å². The molecule has 0 heterocycles. The SMILES string of the molecule is C=C(/C=C\C(=C)C(C)(C)CC)C(C)(C)C. The van der Waals surface area contributed by atoms with Crippen LogP contribution >= 0.6 is 0 Å². The monoisotopic (exact) mass is 206 g/mol. The van der Waals surface area contributed by atoms with E-state index in [0.29, 0.717) is 0 Å². The Bertz CT molecular complexity index is 269. The van der Waals surface area contributed by atoms with Gasteiger partial charge in [-0.2, -0.15) is 0 Å². The van der Waals surface area contributed by atoms with E-state index in [1.807, 2.05) is 0 Å². The zero-order valence-electron chi connectivity index (χ0n) is 11.3. The van der Waals surface area contributed by atoms with Crippen LogP contribution < -0.4 is 0 Å². The molecule has 0 aromatic carbocycles. The van der Waals surface area contributed by atoms with Crippen molar-refractivity contribution < 1.29 is 0 Å². The quantitative estimate of drug-likeness (QED) is 0.559. The van der Waals surface area contributed by atoms with Crippen molar-refractivity contribution in [2.75, 3.05) is 0 Å². The Morgan fingerprint density at radius 2 is 1.33 bits per heavy atom. The van der Waals surface area contributed by atoms with E-state index < -0.39 is 0 Å². The predicted molar refractivity (Wildman–Crippen MR) is 70.9 cm³/mol. The number of hydrogen-bond donors (Lipinski definition) is 0. The van der Waals surface area contributed by atoms with Crippen molar-refractivity contribution in [3.63, 3.8) is 0 Å². The van der Waals surface area contributed by atoms with E-state index in [1.165, 1.54) is 5.57 Å². The second-order valence-electron chi connectivity index (χ2n) is 5.87. The molecular formula is C15H26. The maximum absolute atomic E-state index is 4.12. The van der Waals surface area contributed by atoms with Gasteiger partial charge < -0.3 is 0 Å². The van der Waals surface area contributed by atoms with Crippen LogP contribution in [0.1, 0.15) is 48.0 Å². The molecule has 0 radical (unpaired) electrons. The molecule has 0 N–H and O–H groups in total. The third-order valence-corrected chi connectivity index (χ3v) is 3.20. The molecule has 0 heteroatoms. The van der Waals surface area contributed by atoms with E-state index in [0.717, 1.165) is 12.0 Å². The molecule has 86 valence electrons. The van der Waals surface area contributed by atoms with Gasteiger partial charge in [-0.3, -0.25) is 0 Å². The van der Waals surface area contributed by atoms with Crippen LogP contribution in [-0.2, 0) is 0 Å². The number of rotatable bonds is 4. The fourth-order valence-electron chi connectivity index (χ4n) is 0.904. The largest absolute Gasteiger partial charge is 0.0953 e. The average Bonchev–Trinajstić information content (AvgIpc) is 2.11. The van der Waals surface area contributed by atoms with Gasteiger partial charge in [0.2, 0.25) is 0 Å². The van der Waals surface area contributed by atoms with Crippen LogP contribution in [0.3, 0.4) is 0 Å². The third kappa shape index (κ3) is 4.51. The van der Waals surface area contributed by atoms with Gasteiger partial charge >= 0.3 is 0 Å². The molecule has 0 saturated heterocycles. The molecule has 0 amide bonds. The lowest BCUT2D eigenvalue weighted by atomic mass is 9.81. The molecule has 15 heavy (non-hydrogen) atoms. The molecule has 0 aliphatic rings. The van der Waals surface area contributed by atoms with Crippen molar-refractivity contribution >= 4 is 0 Å². The first-order chi connectivity index (χ1) is 6.61. The van der Waals surface area contributed by atoms with E-state index >= 15 is 0 Å². The lowest BCUT2D eigenvalue weighted by molar-refractivity contribution is 0.441. The highest BCUT2D eigenvalue weighted by atomic mass is 14.2. The molecular weight excluding hydrogens is 180 g/mol. The predicted octanol–water partition coefficient (Wildman–Crippen LogP) is 5.14. The minimum absolute atomic E-state index is 0.146. The first kappa shape index (κ1) is 14.2. The highest BCUT2D eigenvalue weighted by molar-refractivity contribution is 5.30. The van der Waals surface area contributed by atoms with E-state index in [1.54, 1.807) is 0 Å². The fraction of sp³-hybridized carbons (Fsp3) is 0.600. The van der Waals surface area contributed by atoms with Gasteiger partial charge in [0.05, 0.1) is 0 Å². The Labute approximate surface area is 95.8 Å². The highest BCUT2D eigenvalue weighted by Crippen LogP contribution is 2.31. The van der Waals surface area contributed by atoms with Crippen LogP contribution in [0.5, 0.6) is 0 Å². The van der Waals surface area contributed by atoms with Crippen molar-refractivity contribution in [2.45, 2.75) is 48.0 Å². The lowest BCUT2D eigenvalue weighted by Gasteiger charge is -2.24. The van der Waals surface area contributed by atoms with Gasteiger partial charge in [-0.1, -0.05) is 66.9 Å². The minimum Gasteiger partial charge on any atom is -0.0953 e. The highest BCUT2D eigenvalue weighted by Gasteiger charge is 2.17. The van der Waals surface area contributed by atoms with Crippen molar-refractivity contribution in [1.82, 2.24) is 0 Å². The fourth-order valence-corrected chi connectivity index (χ4v) is 0.904. The van der Waals surface area contributed by atoms with Crippen LogP contribution in [0.2, 0.25) is 0 Å². The lowest BCUT2D eigenvalue weighted by Crippen LogP contribution is -2.11. The normalized spacial score (nSPS) is 13.2. The summed E-state index contributed by atoms with van der Waals surface area (Å²) in [6.07, 6.45) is 5.31. The number of allylic oxidation sites excluding steroid dienone is 4. The molecule has 0 bridgehead atoms. The molecule has 0 spiro atoms. The second kappa shape index (κ2) is 4.83. The van der Waals surface area contributed by atoms with Crippen LogP contribution in [0, 0.1) is 10.8 Å². The average molecular weight is 206 g/mol. The van der Waals surface area contributed by atoms with Crippen LogP contribution in [-0.4, -0.2) is 0 Å². The Morgan fingerprint density at radius 3 is 1.67 bits per heavy atom. The van der Waals surface area contributed by atoms with Gasteiger partial charge in [-0.05, 0) is 28.4 Å². The first-order valence-corrected chi connectivity index (χ1v) is 5.68. The van der Waals surface area contributed by atoms with Crippen molar-refractivity contribution in [2.24, 2.45) is 10.8 Å². The molecule has 0 saturated carbocycles. The Hall–Kier alpha value is -0.780. The van der Waals surface area contributed by atoms with Crippen LogP contribution in [0.15, 0.2) is 36.5 Å². The van der Waals surface area contributed by atoms with Crippen molar-refractivity contribution in [3.8, 4) is 0 Å². The van der Waals surface area contributed by atoms with Gasteiger partial charge in [-0.25, -0.2) is 0 Å². The maximum atomic E-state index is 4.12. The van der Waals surface area contributed by atoms with E-state index in [4.69, 9.17) is 0 Å². The Balaban J connectivity index is 4.57. The summed E-state index contributed by atoms with van der Waals surface area (Å²) in [6.45, 7) is 21.4. The Kier molecular flexibility index (Phi) is 4.58. The van der Waals surface area contributed by atoms with Crippen molar-refractivity contribution in [1.29, 1.82) is 0 Å². The standard InChI is InChI=1S/C15H26/c1-9-15(7,8)13(3)11-10-12(2)14(4,5)6/h10-11H,2-3,9H2,1,4-8H3/b11-10-. The van der Waals surface area contributed by atoms with Crippen LogP contribution in [0.4, 0.5) is 0 Å². The topological polar surface area (TPSA) is 0 Å². The first-order valence-electron chi connectivity index (χ1n) is 5.68. The Morgan fingerprint density at radius 1 is 0.933 bits per heavy atom. The molecule has 0 aromatic rings. The molecule has 0 fully saturated rings.